The van der Waals surface area contributed by atoms with Crippen molar-refractivity contribution < 1.29 is 14.3 Å². The zero-order valence-electron chi connectivity index (χ0n) is 26.8. The van der Waals surface area contributed by atoms with Crippen LogP contribution in [0.5, 0.6) is 0 Å². The van der Waals surface area contributed by atoms with Gasteiger partial charge in [-0.3, -0.25) is 9.78 Å². The maximum absolute atomic E-state index is 12.8. The zero-order valence-corrected chi connectivity index (χ0v) is 26.8. The minimum Gasteiger partial charge on any atom is -0.378 e. The van der Waals surface area contributed by atoms with Gasteiger partial charge in [-0.25, -0.2) is 14.8 Å². The fraction of sp³-hybridized carbons (Fsp3) is 0.250. The van der Waals surface area contributed by atoms with E-state index in [2.05, 4.69) is 38.7 Å². The van der Waals surface area contributed by atoms with Crippen molar-refractivity contribution in [1.29, 1.82) is 0 Å². The molecular formula is C36H38N8O3. The first kappa shape index (κ1) is 31.6. The predicted octanol–water partition coefficient (Wildman–Crippen LogP) is 5.47. The van der Waals surface area contributed by atoms with Gasteiger partial charge >= 0.3 is 6.03 Å². The second-order valence-electron chi connectivity index (χ2n) is 11.7. The maximum atomic E-state index is 12.8. The molecule has 240 valence electrons. The van der Waals surface area contributed by atoms with Crippen molar-refractivity contribution in [3.63, 3.8) is 0 Å². The summed E-state index contributed by atoms with van der Waals surface area (Å²) in [6.45, 7) is 4.21. The first-order valence-electron chi connectivity index (χ1n) is 15.6. The van der Waals surface area contributed by atoms with E-state index in [4.69, 9.17) is 14.7 Å². The van der Waals surface area contributed by atoms with Crippen molar-refractivity contribution in [2.75, 3.05) is 76.1 Å². The lowest BCUT2D eigenvalue weighted by atomic mass is 10.0. The van der Waals surface area contributed by atoms with E-state index in [0.29, 0.717) is 42.5 Å². The first-order valence-corrected chi connectivity index (χ1v) is 15.6. The Kier molecular flexibility index (Phi) is 9.65. The first-order chi connectivity index (χ1) is 22.8. The van der Waals surface area contributed by atoms with Crippen molar-refractivity contribution >= 4 is 40.0 Å². The number of likely N-dealkylation sites (N-methyl/N-ethyl adjacent to an activating group) is 2. The lowest BCUT2D eigenvalue weighted by Crippen LogP contribution is -2.37. The van der Waals surface area contributed by atoms with Gasteiger partial charge in [-0.15, -0.1) is 0 Å². The molecule has 11 nitrogen and oxygen atoms in total. The van der Waals surface area contributed by atoms with Crippen molar-refractivity contribution in [2.24, 2.45) is 0 Å². The Bertz CT molecular complexity index is 1840. The number of ether oxygens (including phenoxy) is 1. The minimum absolute atomic E-state index is 0.0652. The van der Waals surface area contributed by atoms with Crippen LogP contribution in [0.2, 0.25) is 0 Å². The number of morpholine rings is 1. The number of aromatic nitrogens is 3. The third-order valence-electron chi connectivity index (χ3n) is 8.02. The molecule has 0 spiro atoms. The van der Waals surface area contributed by atoms with Crippen molar-refractivity contribution in [2.45, 2.75) is 0 Å². The molecule has 3 aromatic carbocycles. The molecule has 3 heterocycles. The summed E-state index contributed by atoms with van der Waals surface area (Å²) >= 11 is 0. The quantitative estimate of drug-likeness (QED) is 0.220. The molecule has 3 amide bonds. The number of nitrogens with zero attached hydrogens (tertiary/aromatic N) is 6. The number of amides is 3. The highest BCUT2D eigenvalue weighted by Crippen LogP contribution is 2.32. The number of pyridine rings is 1. The van der Waals surface area contributed by atoms with Gasteiger partial charge in [0.05, 0.1) is 18.7 Å². The van der Waals surface area contributed by atoms with Gasteiger partial charge in [0.1, 0.15) is 5.82 Å². The largest absolute Gasteiger partial charge is 0.378 e. The van der Waals surface area contributed by atoms with E-state index in [-0.39, 0.29) is 11.9 Å². The summed E-state index contributed by atoms with van der Waals surface area (Å²) in [7, 11) is 5.73. The van der Waals surface area contributed by atoms with E-state index >= 15 is 0 Å². The fourth-order valence-electron chi connectivity index (χ4n) is 5.35. The second-order valence-corrected chi connectivity index (χ2v) is 11.7. The Balaban J connectivity index is 1.16. The Labute approximate surface area is 274 Å². The van der Waals surface area contributed by atoms with Gasteiger partial charge in [-0.2, -0.15) is 0 Å². The smallest absolute Gasteiger partial charge is 0.323 e. The summed E-state index contributed by atoms with van der Waals surface area (Å²) in [5.41, 5.74) is 5.56. The van der Waals surface area contributed by atoms with Crippen LogP contribution in [0, 0.1) is 0 Å². The zero-order chi connectivity index (χ0) is 32.8. The van der Waals surface area contributed by atoms with Gasteiger partial charge < -0.3 is 30.1 Å². The summed E-state index contributed by atoms with van der Waals surface area (Å²) in [6, 6.07) is 24.2. The van der Waals surface area contributed by atoms with E-state index < -0.39 is 0 Å². The van der Waals surface area contributed by atoms with Crippen LogP contribution in [0.15, 0.2) is 91.3 Å². The van der Waals surface area contributed by atoms with Crippen LogP contribution >= 0.6 is 0 Å². The molecule has 0 atom stereocenters. The molecule has 5 aromatic rings. The maximum Gasteiger partial charge on any atom is 0.323 e. The molecule has 0 radical (unpaired) electrons. The average molecular weight is 631 g/mol. The van der Waals surface area contributed by atoms with Crippen molar-refractivity contribution in [1.82, 2.24) is 24.8 Å². The predicted molar refractivity (Wildman–Crippen MR) is 186 cm³/mol. The molecule has 0 saturated carbocycles. The van der Waals surface area contributed by atoms with Gasteiger partial charge in [0.15, 0.2) is 5.82 Å². The fourth-order valence-corrected chi connectivity index (χ4v) is 5.35. The summed E-state index contributed by atoms with van der Waals surface area (Å²) in [5, 5.41) is 6.68. The van der Waals surface area contributed by atoms with E-state index in [1.807, 2.05) is 55.4 Å². The average Bonchev–Trinajstić information content (AvgIpc) is 3.11. The van der Waals surface area contributed by atoms with Crippen LogP contribution in [0.3, 0.4) is 0 Å². The number of carbonyl (C=O) groups excluding carboxylic acids is 2. The highest BCUT2D eigenvalue weighted by Gasteiger charge is 2.19. The highest BCUT2D eigenvalue weighted by atomic mass is 16.5. The molecule has 1 fully saturated rings. The number of urea groups is 1. The molecule has 0 bridgehead atoms. The molecule has 47 heavy (non-hydrogen) atoms. The molecule has 1 aliphatic heterocycles. The minimum atomic E-state index is -0.389. The molecule has 6 rings (SSSR count). The Morgan fingerprint density at radius 1 is 0.766 bits per heavy atom. The van der Waals surface area contributed by atoms with Gasteiger partial charge in [0.2, 0.25) is 0 Å². The van der Waals surface area contributed by atoms with Gasteiger partial charge in [0, 0.05) is 73.5 Å². The topological polar surface area (TPSA) is 116 Å². The summed E-state index contributed by atoms with van der Waals surface area (Å²) < 4.78 is 5.60. The molecule has 0 unspecified atom stereocenters. The summed E-state index contributed by atoms with van der Waals surface area (Å²) in [6.07, 6.45) is 3.57. The molecule has 1 aliphatic rings. The lowest BCUT2D eigenvalue weighted by Gasteiger charge is -2.29. The summed E-state index contributed by atoms with van der Waals surface area (Å²) in [4.78, 5) is 45.6. The summed E-state index contributed by atoms with van der Waals surface area (Å²) in [5.74, 6) is 1.41. The van der Waals surface area contributed by atoms with E-state index in [0.717, 1.165) is 53.0 Å². The lowest BCUT2D eigenvalue weighted by molar-refractivity contribution is 0.0786. The van der Waals surface area contributed by atoms with Gasteiger partial charge in [-0.05, 0) is 98.0 Å². The van der Waals surface area contributed by atoms with Gasteiger partial charge in [0.25, 0.3) is 5.91 Å². The van der Waals surface area contributed by atoms with Crippen molar-refractivity contribution in [3.05, 3.63) is 96.8 Å². The molecular weight excluding hydrogens is 592 g/mol. The van der Waals surface area contributed by atoms with E-state index in [9.17, 15) is 9.59 Å². The molecule has 2 aromatic heterocycles. The van der Waals surface area contributed by atoms with E-state index in [1.165, 1.54) is 0 Å². The normalized spacial score (nSPS) is 13.1. The number of fused-ring (bicyclic) bond motifs is 1. The monoisotopic (exact) mass is 630 g/mol. The molecule has 11 heteroatoms. The number of hydrogen-bond donors (Lipinski definition) is 2. The van der Waals surface area contributed by atoms with Crippen LogP contribution in [0.25, 0.3) is 33.4 Å². The number of carbonyl (C=O) groups is 2. The number of anilines is 3. The van der Waals surface area contributed by atoms with Crippen LogP contribution in [0.1, 0.15) is 10.4 Å². The third kappa shape index (κ3) is 7.71. The second kappa shape index (κ2) is 14.4. The van der Waals surface area contributed by atoms with Crippen LogP contribution in [0.4, 0.5) is 22.0 Å². The number of rotatable bonds is 9. The molecule has 0 aliphatic carbocycles. The molecule has 2 N–H and O–H groups in total. The standard InChI is InChI=1S/C36H38N8O3/c1-42(2)18-19-43(3)35(45)27-6-11-30(12-7-27)39-36(46)38-29-9-4-26(5-10-29)33-40-32-24-28(25-14-16-37-17-15-25)8-13-31(32)34(41-33)44-20-22-47-23-21-44/h4-17,24H,18-23H2,1-3H3,(H2,38,39,46). The van der Waals surface area contributed by atoms with Crippen LogP contribution in [-0.2, 0) is 4.74 Å². The van der Waals surface area contributed by atoms with Crippen LogP contribution in [-0.4, -0.2) is 97.2 Å². The number of benzene rings is 3. The third-order valence-corrected chi connectivity index (χ3v) is 8.02. The SMILES string of the molecule is CN(C)CCN(C)C(=O)c1ccc(NC(=O)Nc2ccc(-c3nc(N4CCOCC4)c4ccc(-c5ccncc5)cc4n3)cc2)cc1. The molecule has 1 saturated heterocycles. The van der Waals surface area contributed by atoms with Crippen LogP contribution < -0.4 is 15.5 Å². The number of nitrogens with one attached hydrogen (secondary N) is 2. The van der Waals surface area contributed by atoms with Crippen molar-refractivity contribution in [3.8, 4) is 22.5 Å². The van der Waals surface area contributed by atoms with E-state index in [1.54, 1.807) is 48.6 Å². The highest BCUT2D eigenvalue weighted by molar-refractivity contribution is 6.01. The van der Waals surface area contributed by atoms with Gasteiger partial charge in [-0.1, -0.05) is 6.07 Å². The Morgan fingerprint density at radius 2 is 1.40 bits per heavy atom. The Hall–Kier alpha value is -5.39. The number of hydrogen-bond acceptors (Lipinski definition) is 8. The Morgan fingerprint density at radius 3 is 2.06 bits per heavy atom.